The van der Waals surface area contributed by atoms with E-state index in [2.05, 4.69) is 27.6 Å². The van der Waals surface area contributed by atoms with Crippen LogP contribution in [0.15, 0.2) is 22.0 Å². The molecular weight excluding hydrogens is 451 g/mol. The summed E-state index contributed by atoms with van der Waals surface area (Å²) in [4.78, 5) is 19.4. The third-order valence-corrected chi connectivity index (χ3v) is 5.26. The zero-order valence-electron chi connectivity index (χ0n) is 15.0. The Morgan fingerprint density at radius 3 is 2.52 bits per heavy atom. The Bertz CT molecular complexity index is 704. The number of thioether (sulfide) groups is 1. The number of carbonyl (C=O) groups excluding carboxylic acids is 1. The van der Waals surface area contributed by atoms with Crippen LogP contribution in [0, 0.1) is 3.57 Å². The highest BCUT2D eigenvalue weighted by molar-refractivity contribution is 14.1. The highest BCUT2D eigenvalue weighted by Gasteiger charge is 2.31. The van der Waals surface area contributed by atoms with E-state index in [9.17, 15) is 4.79 Å². The molecule has 1 aromatic carbocycles. The van der Waals surface area contributed by atoms with Crippen molar-refractivity contribution in [1.29, 1.82) is 0 Å². The van der Waals surface area contributed by atoms with Crippen molar-refractivity contribution in [2.24, 2.45) is 4.99 Å². The zero-order chi connectivity index (χ0) is 18.4. The van der Waals surface area contributed by atoms with Gasteiger partial charge in [-0.1, -0.05) is 0 Å². The lowest BCUT2D eigenvalue weighted by molar-refractivity contribution is -0.122. The third kappa shape index (κ3) is 4.69. The maximum atomic E-state index is 12.6. The first-order valence-electron chi connectivity index (χ1n) is 8.40. The van der Waals surface area contributed by atoms with Gasteiger partial charge in [-0.15, -0.1) is 0 Å². The lowest BCUT2D eigenvalue weighted by Crippen LogP contribution is -2.28. The molecule has 1 fully saturated rings. The van der Waals surface area contributed by atoms with Crippen molar-refractivity contribution in [3.05, 3.63) is 26.2 Å². The van der Waals surface area contributed by atoms with Crippen LogP contribution in [-0.4, -0.2) is 42.3 Å². The molecule has 0 spiro atoms. The Hall–Kier alpha value is -1.22. The van der Waals surface area contributed by atoms with Gasteiger partial charge in [0.15, 0.2) is 16.7 Å². The van der Waals surface area contributed by atoms with Gasteiger partial charge in [0.05, 0.1) is 21.7 Å². The fourth-order valence-electron chi connectivity index (χ4n) is 2.41. The number of likely N-dealkylation sites (N-methyl/N-ethyl adjacent to an activating group) is 1. The van der Waals surface area contributed by atoms with Crippen LogP contribution in [0.25, 0.3) is 6.08 Å². The molecule has 7 heteroatoms. The van der Waals surface area contributed by atoms with E-state index in [1.165, 1.54) is 11.8 Å². The summed E-state index contributed by atoms with van der Waals surface area (Å²) in [5, 5.41) is 0.770. The molecule has 0 radical (unpaired) electrons. The largest absolute Gasteiger partial charge is 0.490 e. The van der Waals surface area contributed by atoms with Crippen molar-refractivity contribution in [3.63, 3.8) is 0 Å². The van der Waals surface area contributed by atoms with E-state index >= 15 is 0 Å². The molecule has 1 aliphatic heterocycles. The molecule has 0 N–H and O–H groups in total. The number of hydrogen-bond donors (Lipinski definition) is 0. The highest BCUT2D eigenvalue weighted by Crippen LogP contribution is 2.37. The number of ether oxygens (including phenoxy) is 2. The van der Waals surface area contributed by atoms with Gasteiger partial charge < -0.3 is 9.47 Å². The van der Waals surface area contributed by atoms with E-state index < -0.39 is 0 Å². The summed E-state index contributed by atoms with van der Waals surface area (Å²) in [7, 11) is 0. The molecule has 1 amide bonds. The van der Waals surface area contributed by atoms with E-state index in [-0.39, 0.29) is 5.91 Å². The molecule has 0 aromatic heterocycles. The highest BCUT2D eigenvalue weighted by atomic mass is 127. The first kappa shape index (κ1) is 20.1. The number of nitrogens with zero attached hydrogens (tertiary/aromatic N) is 2. The predicted molar refractivity (Wildman–Crippen MR) is 112 cm³/mol. The van der Waals surface area contributed by atoms with Crippen LogP contribution in [0.3, 0.4) is 0 Å². The van der Waals surface area contributed by atoms with Gasteiger partial charge in [-0.3, -0.25) is 14.7 Å². The molecule has 1 aromatic rings. The first-order chi connectivity index (χ1) is 12.0. The summed E-state index contributed by atoms with van der Waals surface area (Å²) in [6, 6.07) is 3.92. The van der Waals surface area contributed by atoms with Crippen LogP contribution in [0.2, 0.25) is 0 Å². The molecule has 0 saturated carbocycles. The number of halogens is 1. The summed E-state index contributed by atoms with van der Waals surface area (Å²) in [5.74, 6) is 1.45. The predicted octanol–water partition coefficient (Wildman–Crippen LogP) is 4.40. The number of carbonyl (C=O) groups is 1. The molecule has 0 atom stereocenters. The van der Waals surface area contributed by atoms with Gasteiger partial charge in [-0.25, -0.2) is 0 Å². The van der Waals surface area contributed by atoms with Crippen molar-refractivity contribution in [1.82, 2.24) is 4.90 Å². The van der Waals surface area contributed by atoms with Gasteiger partial charge in [-0.05, 0) is 85.8 Å². The van der Waals surface area contributed by atoms with Crippen LogP contribution < -0.4 is 9.47 Å². The second kappa shape index (κ2) is 9.47. The van der Waals surface area contributed by atoms with Gasteiger partial charge >= 0.3 is 0 Å². The lowest BCUT2D eigenvalue weighted by Gasteiger charge is -2.13. The SMILES string of the molecule is CCN=C1S/C(=C/c2cc(I)c(OCC)c(OCC)c2)C(=O)N1CC. The standard InChI is InChI=1S/C18H23IN2O3S/c1-5-20-18-21(6-2)17(22)15(25-18)11-12-9-13(19)16(24-8-4)14(10-12)23-7-3/h9-11H,5-8H2,1-4H3/b15-11+,20-18?. The number of hydrogen-bond acceptors (Lipinski definition) is 5. The van der Waals surface area contributed by atoms with Gasteiger partial charge in [0, 0.05) is 13.1 Å². The van der Waals surface area contributed by atoms with E-state index in [4.69, 9.17) is 9.47 Å². The van der Waals surface area contributed by atoms with Crippen LogP contribution in [0.1, 0.15) is 33.3 Å². The van der Waals surface area contributed by atoms with Crippen LogP contribution >= 0.6 is 34.4 Å². The fourth-order valence-corrected chi connectivity index (χ4v) is 4.30. The number of amides is 1. The van der Waals surface area contributed by atoms with Crippen molar-refractivity contribution in [2.45, 2.75) is 27.7 Å². The molecule has 136 valence electrons. The van der Waals surface area contributed by atoms with Gasteiger partial charge in [0.2, 0.25) is 0 Å². The second-order valence-electron chi connectivity index (χ2n) is 5.11. The summed E-state index contributed by atoms with van der Waals surface area (Å²) >= 11 is 3.66. The van der Waals surface area contributed by atoms with E-state index in [1.54, 1.807) is 4.90 Å². The van der Waals surface area contributed by atoms with Crippen molar-refractivity contribution in [2.75, 3.05) is 26.3 Å². The second-order valence-corrected chi connectivity index (χ2v) is 7.28. The number of amidine groups is 1. The Labute approximate surface area is 167 Å². The van der Waals surface area contributed by atoms with Gasteiger partial charge in [0.1, 0.15) is 0 Å². The minimum absolute atomic E-state index is 0.00144. The van der Waals surface area contributed by atoms with Crippen LogP contribution in [-0.2, 0) is 4.79 Å². The summed E-state index contributed by atoms with van der Waals surface area (Å²) < 4.78 is 12.4. The zero-order valence-corrected chi connectivity index (χ0v) is 17.9. The summed E-state index contributed by atoms with van der Waals surface area (Å²) in [5.41, 5.74) is 0.918. The Kier molecular flexibility index (Phi) is 7.61. The molecule has 1 heterocycles. The first-order valence-corrected chi connectivity index (χ1v) is 10.3. The van der Waals surface area contributed by atoms with Gasteiger partial charge in [0.25, 0.3) is 5.91 Å². The number of aliphatic imine (C=N–C) groups is 1. The van der Waals surface area contributed by atoms with Crippen LogP contribution in [0.5, 0.6) is 11.5 Å². The molecular formula is C18H23IN2O3S. The van der Waals surface area contributed by atoms with E-state index in [0.717, 1.165) is 20.1 Å². The maximum Gasteiger partial charge on any atom is 0.266 e. The fraction of sp³-hybridized carbons (Fsp3) is 0.444. The Morgan fingerprint density at radius 1 is 1.20 bits per heavy atom. The van der Waals surface area contributed by atoms with E-state index in [1.807, 2.05) is 45.9 Å². The number of rotatable bonds is 7. The third-order valence-electron chi connectivity index (χ3n) is 3.42. The topological polar surface area (TPSA) is 51.1 Å². The molecule has 0 aliphatic carbocycles. The van der Waals surface area contributed by atoms with Crippen molar-refractivity contribution in [3.8, 4) is 11.5 Å². The molecule has 5 nitrogen and oxygen atoms in total. The Morgan fingerprint density at radius 2 is 1.92 bits per heavy atom. The molecule has 0 bridgehead atoms. The van der Waals surface area contributed by atoms with E-state index in [0.29, 0.717) is 37.0 Å². The average molecular weight is 474 g/mol. The molecule has 1 aliphatic rings. The lowest BCUT2D eigenvalue weighted by atomic mass is 10.2. The monoisotopic (exact) mass is 474 g/mol. The average Bonchev–Trinajstić information content (AvgIpc) is 2.86. The normalized spacial score (nSPS) is 17.6. The van der Waals surface area contributed by atoms with Crippen LogP contribution in [0.4, 0.5) is 0 Å². The van der Waals surface area contributed by atoms with Gasteiger partial charge in [-0.2, -0.15) is 0 Å². The quantitative estimate of drug-likeness (QED) is 0.434. The molecule has 2 rings (SSSR count). The summed E-state index contributed by atoms with van der Waals surface area (Å²) in [6.45, 7) is 10.2. The maximum absolute atomic E-state index is 12.6. The Balaban J connectivity index is 2.40. The minimum Gasteiger partial charge on any atom is -0.490 e. The molecule has 25 heavy (non-hydrogen) atoms. The van der Waals surface area contributed by atoms with Crippen molar-refractivity contribution < 1.29 is 14.3 Å². The summed E-state index contributed by atoms with van der Waals surface area (Å²) in [6.07, 6.45) is 1.90. The smallest absolute Gasteiger partial charge is 0.266 e. The minimum atomic E-state index is 0.00144. The number of benzene rings is 1. The molecule has 1 saturated heterocycles. The van der Waals surface area contributed by atoms with Crippen molar-refractivity contribution >= 4 is 51.5 Å². The molecule has 0 unspecified atom stereocenters.